The van der Waals surface area contributed by atoms with Crippen molar-refractivity contribution in [1.82, 2.24) is 9.88 Å². The maximum absolute atomic E-state index is 5.89. The number of ether oxygens (including phenoxy) is 1. The molecule has 0 amide bonds. The monoisotopic (exact) mass is 347 g/mol. The van der Waals surface area contributed by atoms with Crippen LogP contribution in [0, 0.1) is 6.92 Å². The number of oxazole rings is 1. The summed E-state index contributed by atoms with van der Waals surface area (Å²) >= 11 is 1.73. The first kappa shape index (κ1) is 17.5. The highest BCUT2D eigenvalue weighted by Crippen LogP contribution is 2.25. The van der Waals surface area contributed by atoms with Gasteiger partial charge in [-0.15, -0.1) is 11.8 Å². The van der Waals surface area contributed by atoms with E-state index in [1.165, 1.54) is 4.90 Å². The molecule has 1 aliphatic heterocycles. The number of aromatic nitrogens is 1. The minimum Gasteiger partial charge on any atom is -0.441 e. The fourth-order valence-corrected chi connectivity index (χ4v) is 3.34. The van der Waals surface area contributed by atoms with E-state index in [1.54, 1.807) is 11.8 Å². The standard InChI is InChI=1S/C18H25N3O2S/c1-13-17(12-21-9-10-22-15(11-21)7-8-19)20-18(23-13)14-3-5-16(24-2)6-4-14/h3-6,15H,7-12,19H2,1-2H3/t15-/m0/s1. The van der Waals surface area contributed by atoms with E-state index in [4.69, 9.17) is 19.9 Å². The molecule has 1 aromatic carbocycles. The third-order valence-corrected chi connectivity index (χ3v) is 5.06. The zero-order chi connectivity index (χ0) is 16.9. The van der Waals surface area contributed by atoms with E-state index in [9.17, 15) is 0 Å². The normalized spacial score (nSPS) is 18.9. The van der Waals surface area contributed by atoms with Gasteiger partial charge in [-0.2, -0.15) is 0 Å². The molecule has 2 N–H and O–H groups in total. The summed E-state index contributed by atoms with van der Waals surface area (Å²) in [6.07, 6.45) is 3.21. The summed E-state index contributed by atoms with van der Waals surface area (Å²) in [4.78, 5) is 8.33. The Bertz CT molecular complexity index is 655. The van der Waals surface area contributed by atoms with E-state index < -0.39 is 0 Å². The molecule has 1 saturated heterocycles. The van der Waals surface area contributed by atoms with Crippen LogP contribution in [0.1, 0.15) is 17.9 Å². The van der Waals surface area contributed by atoms with Crippen LogP contribution in [0.5, 0.6) is 0 Å². The van der Waals surface area contributed by atoms with Crippen molar-refractivity contribution in [2.45, 2.75) is 30.9 Å². The van der Waals surface area contributed by atoms with Gasteiger partial charge >= 0.3 is 0 Å². The van der Waals surface area contributed by atoms with Gasteiger partial charge < -0.3 is 14.9 Å². The van der Waals surface area contributed by atoms with Crippen LogP contribution < -0.4 is 5.73 Å². The van der Waals surface area contributed by atoms with Crippen molar-refractivity contribution >= 4 is 11.8 Å². The lowest BCUT2D eigenvalue weighted by Gasteiger charge is -2.32. The number of rotatable bonds is 6. The van der Waals surface area contributed by atoms with Crippen molar-refractivity contribution in [3.63, 3.8) is 0 Å². The fourth-order valence-electron chi connectivity index (χ4n) is 2.93. The highest BCUT2D eigenvalue weighted by Gasteiger charge is 2.22. The van der Waals surface area contributed by atoms with Crippen molar-refractivity contribution in [2.75, 3.05) is 32.5 Å². The number of nitrogens with zero attached hydrogens (tertiary/aromatic N) is 2. The molecule has 0 aliphatic carbocycles. The Morgan fingerprint density at radius 1 is 1.33 bits per heavy atom. The van der Waals surface area contributed by atoms with Crippen LogP contribution in [-0.4, -0.2) is 48.5 Å². The average molecular weight is 347 g/mol. The second-order valence-electron chi connectivity index (χ2n) is 6.06. The molecule has 1 atom stereocenters. The Labute approximate surface area is 147 Å². The molecule has 0 radical (unpaired) electrons. The topological polar surface area (TPSA) is 64.5 Å². The fraction of sp³-hybridized carbons (Fsp3) is 0.500. The van der Waals surface area contributed by atoms with Gasteiger partial charge in [0.25, 0.3) is 0 Å². The molecule has 5 nitrogen and oxygen atoms in total. The number of thioether (sulfide) groups is 1. The third-order valence-electron chi connectivity index (χ3n) is 4.31. The highest BCUT2D eigenvalue weighted by molar-refractivity contribution is 7.98. The predicted molar refractivity (Wildman–Crippen MR) is 97.1 cm³/mol. The van der Waals surface area contributed by atoms with Crippen LogP contribution in [-0.2, 0) is 11.3 Å². The van der Waals surface area contributed by atoms with Crippen LogP contribution in [0.2, 0.25) is 0 Å². The van der Waals surface area contributed by atoms with Crippen LogP contribution in [0.3, 0.4) is 0 Å². The number of hydrogen-bond acceptors (Lipinski definition) is 6. The lowest BCUT2D eigenvalue weighted by atomic mass is 10.2. The van der Waals surface area contributed by atoms with Gasteiger partial charge in [-0.3, -0.25) is 4.90 Å². The first-order chi connectivity index (χ1) is 11.7. The smallest absolute Gasteiger partial charge is 0.226 e. The lowest BCUT2D eigenvalue weighted by Crippen LogP contribution is -2.42. The van der Waals surface area contributed by atoms with Crippen LogP contribution >= 0.6 is 11.8 Å². The van der Waals surface area contributed by atoms with E-state index in [0.29, 0.717) is 12.4 Å². The lowest BCUT2D eigenvalue weighted by molar-refractivity contribution is -0.0339. The van der Waals surface area contributed by atoms with Crippen molar-refractivity contribution in [2.24, 2.45) is 5.73 Å². The maximum atomic E-state index is 5.89. The molecular formula is C18H25N3O2S. The minimum atomic E-state index is 0.231. The van der Waals surface area contributed by atoms with Crippen molar-refractivity contribution in [3.8, 4) is 11.5 Å². The third kappa shape index (κ3) is 4.19. The van der Waals surface area contributed by atoms with Crippen molar-refractivity contribution in [3.05, 3.63) is 35.7 Å². The maximum Gasteiger partial charge on any atom is 0.226 e. The number of morpholine rings is 1. The van der Waals surface area contributed by atoms with Crippen LogP contribution in [0.25, 0.3) is 11.5 Å². The van der Waals surface area contributed by atoms with Crippen molar-refractivity contribution < 1.29 is 9.15 Å². The zero-order valence-corrected chi connectivity index (χ0v) is 15.1. The van der Waals surface area contributed by atoms with Gasteiger partial charge in [-0.05, 0) is 50.4 Å². The molecule has 2 aromatic rings. The van der Waals surface area contributed by atoms with E-state index in [1.807, 2.05) is 6.92 Å². The van der Waals surface area contributed by atoms with Crippen LogP contribution in [0.4, 0.5) is 0 Å². The average Bonchev–Trinajstić information content (AvgIpc) is 2.96. The molecule has 2 heterocycles. The zero-order valence-electron chi connectivity index (χ0n) is 14.3. The van der Waals surface area contributed by atoms with E-state index in [0.717, 1.165) is 49.7 Å². The van der Waals surface area contributed by atoms with Gasteiger partial charge in [-0.1, -0.05) is 0 Å². The highest BCUT2D eigenvalue weighted by atomic mass is 32.2. The van der Waals surface area contributed by atoms with E-state index in [2.05, 4.69) is 35.4 Å². The molecule has 1 aromatic heterocycles. The summed E-state index contributed by atoms with van der Waals surface area (Å²) in [6.45, 7) is 6.03. The molecule has 0 saturated carbocycles. The Balaban J connectivity index is 1.69. The van der Waals surface area contributed by atoms with E-state index in [-0.39, 0.29) is 6.10 Å². The predicted octanol–water partition coefficient (Wildman–Crippen LogP) is 2.92. The molecule has 1 fully saturated rings. The van der Waals surface area contributed by atoms with E-state index >= 15 is 0 Å². The summed E-state index contributed by atoms with van der Waals surface area (Å²) in [5, 5.41) is 0. The SMILES string of the molecule is CSc1ccc(-c2nc(CN3CCO[C@@H](CCN)C3)c(C)o2)cc1. The van der Waals surface area contributed by atoms with Gasteiger partial charge in [0.05, 0.1) is 18.4 Å². The van der Waals surface area contributed by atoms with Gasteiger partial charge in [-0.25, -0.2) is 4.98 Å². The number of nitrogens with two attached hydrogens (primary N) is 1. The molecule has 0 bridgehead atoms. The summed E-state index contributed by atoms with van der Waals surface area (Å²) < 4.78 is 11.6. The van der Waals surface area contributed by atoms with Gasteiger partial charge in [0, 0.05) is 30.1 Å². The first-order valence-corrected chi connectivity index (χ1v) is 9.57. The number of hydrogen-bond donors (Lipinski definition) is 1. The van der Waals surface area contributed by atoms with Gasteiger partial charge in [0.1, 0.15) is 5.76 Å². The summed E-state index contributed by atoms with van der Waals surface area (Å²) in [5.41, 5.74) is 7.67. The second kappa shape index (κ2) is 8.16. The summed E-state index contributed by atoms with van der Waals surface area (Å²) in [7, 11) is 0. The Morgan fingerprint density at radius 2 is 2.12 bits per heavy atom. The molecule has 24 heavy (non-hydrogen) atoms. The quantitative estimate of drug-likeness (QED) is 0.811. The largest absolute Gasteiger partial charge is 0.441 e. The van der Waals surface area contributed by atoms with Crippen molar-refractivity contribution in [1.29, 1.82) is 0 Å². The number of aryl methyl sites for hydroxylation is 1. The molecule has 0 unspecified atom stereocenters. The summed E-state index contributed by atoms with van der Waals surface area (Å²) in [5.74, 6) is 1.59. The molecule has 130 valence electrons. The van der Waals surface area contributed by atoms with Gasteiger partial charge in [0.15, 0.2) is 0 Å². The molecule has 6 heteroatoms. The van der Waals surface area contributed by atoms with Gasteiger partial charge in [0.2, 0.25) is 5.89 Å². The number of benzene rings is 1. The molecule has 1 aliphatic rings. The Kier molecular flexibility index (Phi) is 5.94. The summed E-state index contributed by atoms with van der Waals surface area (Å²) in [6, 6.07) is 8.32. The molecular weight excluding hydrogens is 322 g/mol. The Morgan fingerprint density at radius 3 is 2.83 bits per heavy atom. The Hall–Kier alpha value is -1.34. The molecule has 0 spiro atoms. The minimum absolute atomic E-state index is 0.231. The first-order valence-electron chi connectivity index (χ1n) is 8.34. The van der Waals surface area contributed by atoms with Crippen LogP contribution in [0.15, 0.2) is 33.6 Å². The molecule has 3 rings (SSSR count). The second-order valence-corrected chi connectivity index (χ2v) is 6.94.